The van der Waals surface area contributed by atoms with Crippen LogP contribution in [0.25, 0.3) is 0 Å². The molecule has 2 aliphatic heterocycles. The first-order valence-electron chi connectivity index (χ1n) is 8.56. The van der Waals surface area contributed by atoms with Gasteiger partial charge in [0.05, 0.1) is 13.2 Å². The van der Waals surface area contributed by atoms with Crippen LogP contribution in [0.15, 0.2) is 0 Å². The van der Waals surface area contributed by atoms with Crippen LogP contribution in [-0.2, 0) is 9.53 Å². The molecule has 0 amide bonds. The van der Waals surface area contributed by atoms with Crippen molar-refractivity contribution in [3.8, 4) is 0 Å². The van der Waals surface area contributed by atoms with Crippen LogP contribution in [0.1, 0.15) is 57.8 Å². The van der Waals surface area contributed by atoms with Crippen molar-refractivity contribution in [2.75, 3.05) is 20.3 Å². The third kappa shape index (κ3) is 3.25. The predicted octanol–water partition coefficient (Wildman–Crippen LogP) is 3.03. The number of carbonyl (C=O) groups is 1. The third-order valence-corrected chi connectivity index (χ3v) is 5.86. The molecule has 3 fully saturated rings. The van der Waals surface area contributed by atoms with Gasteiger partial charge in [-0.15, -0.1) is 0 Å². The summed E-state index contributed by atoms with van der Waals surface area (Å²) < 4.78 is 5.64. The maximum atomic E-state index is 12.5. The van der Waals surface area contributed by atoms with Gasteiger partial charge in [0, 0.05) is 24.4 Å². The molecule has 2 bridgehead atoms. The average Bonchev–Trinajstić information content (AvgIpc) is 2.45. The standard InChI is InChI=1S/C17H29NO2/c1-18-15-9-14(10-16(18)12-20-11-15)17(19)8-7-13-5-3-2-4-6-13/h13-16H,2-12H2,1H3. The van der Waals surface area contributed by atoms with Crippen LogP contribution >= 0.6 is 0 Å². The van der Waals surface area contributed by atoms with Crippen molar-refractivity contribution in [3.63, 3.8) is 0 Å². The van der Waals surface area contributed by atoms with Gasteiger partial charge in [0.15, 0.2) is 0 Å². The van der Waals surface area contributed by atoms with Crippen molar-refractivity contribution < 1.29 is 9.53 Å². The largest absolute Gasteiger partial charge is 0.378 e. The maximum absolute atomic E-state index is 12.5. The summed E-state index contributed by atoms with van der Waals surface area (Å²) in [5, 5.41) is 0. The molecule has 1 aliphatic carbocycles. The highest BCUT2D eigenvalue weighted by Crippen LogP contribution is 2.33. The number of morpholine rings is 1. The van der Waals surface area contributed by atoms with E-state index in [2.05, 4.69) is 11.9 Å². The van der Waals surface area contributed by atoms with E-state index in [0.717, 1.165) is 44.8 Å². The van der Waals surface area contributed by atoms with Gasteiger partial charge < -0.3 is 4.74 Å². The minimum Gasteiger partial charge on any atom is -0.378 e. The zero-order chi connectivity index (χ0) is 13.9. The summed E-state index contributed by atoms with van der Waals surface area (Å²) >= 11 is 0. The van der Waals surface area contributed by atoms with E-state index in [9.17, 15) is 4.79 Å². The second kappa shape index (κ2) is 6.57. The van der Waals surface area contributed by atoms with Crippen molar-refractivity contribution in [3.05, 3.63) is 0 Å². The molecule has 3 nitrogen and oxygen atoms in total. The van der Waals surface area contributed by atoms with E-state index in [1.54, 1.807) is 0 Å². The number of Topliss-reactive ketones (excluding diaryl/α,β-unsaturated/α-hetero) is 1. The first kappa shape index (κ1) is 14.5. The lowest BCUT2D eigenvalue weighted by atomic mass is 9.79. The molecule has 3 rings (SSSR count). The van der Waals surface area contributed by atoms with E-state index < -0.39 is 0 Å². The van der Waals surface area contributed by atoms with E-state index in [1.807, 2.05) is 0 Å². The van der Waals surface area contributed by atoms with Gasteiger partial charge in [0.25, 0.3) is 0 Å². The van der Waals surface area contributed by atoms with Crippen LogP contribution in [0.3, 0.4) is 0 Å². The van der Waals surface area contributed by atoms with Crippen molar-refractivity contribution in [1.82, 2.24) is 4.90 Å². The fourth-order valence-corrected chi connectivity index (χ4v) is 4.38. The zero-order valence-corrected chi connectivity index (χ0v) is 12.9. The molecule has 0 N–H and O–H groups in total. The van der Waals surface area contributed by atoms with Crippen LogP contribution in [0.2, 0.25) is 0 Å². The number of nitrogens with zero attached hydrogens (tertiary/aromatic N) is 1. The molecule has 0 radical (unpaired) electrons. The summed E-state index contributed by atoms with van der Waals surface area (Å²) in [5.74, 6) is 1.69. The van der Waals surface area contributed by atoms with E-state index in [4.69, 9.17) is 4.74 Å². The fraction of sp³-hybridized carbons (Fsp3) is 0.941. The zero-order valence-electron chi connectivity index (χ0n) is 12.9. The Balaban J connectivity index is 1.47. The SMILES string of the molecule is CN1C2COCC1CC(C(=O)CCC1CCCCC1)C2. The number of likely N-dealkylation sites (N-methyl/N-ethyl adjacent to an activating group) is 1. The number of ketones is 1. The second-order valence-corrected chi connectivity index (χ2v) is 7.19. The van der Waals surface area contributed by atoms with Gasteiger partial charge in [-0.3, -0.25) is 9.69 Å². The normalized spacial score (nSPS) is 36.0. The number of ether oxygens (including phenoxy) is 1. The molecule has 114 valence electrons. The highest BCUT2D eigenvalue weighted by Gasteiger charge is 2.39. The van der Waals surface area contributed by atoms with Crippen LogP contribution < -0.4 is 0 Å². The summed E-state index contributed by atoms with van der Waals surface area (Å²) in [6.45, 7) is 1.64. The summed E-state index contributed by atoms with van der Waals surface area (Å²) in [6, 6.07) is 0.956. The Morgan fingerprint density at radius 3 is 2.40 bits per heavy atom. The lowest BCUT2D eigenvalue weighted by Gasteiger charge is -2.46. The van der Waals surface area contributed by atoms with E-state index >= 15 is 0 Å². The monoisotopic (exact) mass is 279 g/mol. The molecule has 2 atom stereocenters. The van der Waals surface area contributed by atoms with Gasteiger partial charge in [0.1, 0.15) is 5.78 Å². The smallest absolute Gasteiger partial charge is 0.136 e. The number of rotatable bonds is 4. The maximum Gasteiger partial charge on any atom is 0.136 e. The van der Waals surface area contributed by atoms with Gasteiger partial charge in [-0.05, 0) is 32.2 Å². The van der Waals surface area contributed by atoms with Gasteiger partial charge in [-0.2, -0.15) is 0 Å². The molecule has 2 heterocycles. The molecule has 2 saturated heterocycles. The topological polar surface area (TPSA) is 29.5 Å². The lowest BCUT2D eigenvalue weighted by Crippen LogP contribution is -2.55. The quantitative estimate of drug-likeness (QED) is 0.792. The highest BCUT2D eigenvalue weighted by molar-refractivity contribution is 5.81. The Bertz CT molecular complexity index is 324. The van der Waals surface area contributed by atoms with Crippen LogP contribution in [0, 0.1) is 11.8 Å². The van der Waals surface area contributed by atoms with Crippen LogP contribution in [-0.4, -0.2) is 43.0 Å². The molecule has 20 heavy (non-hydrogen) atoms. The third-order valence-electron chi connectivity index (χ3n) is 5.86. The minimum absolute atomic E-state index is 0.314. The summed E-state index contributed by atoms with van der Waals surface area (Å²) in [6.07, 6.45) is 10.9. The molecule has 0 aromatic carbocycles. The molecule has 1 saturated carbocycles. The average molecular weight is 279 g/mol. The molecular formula is C17H29NO2. The molecule has 0 spiro atoms. The highest BCUT2D eigenvalue weighted by atomic mass is 16.5. The first-order chi connectivity index (χ1) is 9.74. The Labute approximate surface area is 123 Å². The number of fused-ring (bicyclic) bond motifs is 2. The van der Waals surface area contributed by atoms with Crippen molar-refractivity contribution in [2.45, 2.75) is 69.9 Å². The summed E-state index contributed by atoms with van der Waals surface area (Å²) in [4.78, 5) is 15.0. The van der Waals surface area contributed by atoms with Crippen LogP contribution in [0.5, 0.6) is 0 Å². The van der Waals surface area contributed by atoms with Crippen LogP contribution in [0.4, 0.5) is 0 Å². The van der Waals surface area contributed by atoms with Gasteiger partial charge in [0.2, 0.25) is 0 Å². The minimum atomic E-state index is 0.314. The number of piperidine rings is 1. The van der Waals surface area contributed by atoms with Crippen molar-refractivity contribution in [1.29, 1.82) is 0 Å². The van der Waals surface area contributed by atoms with E-state index in [0.29, 0.717) is 23.8 Å². The number of carbonyl (C=O) groups excluding carboxylic acids is 1. The predicted molar refractivity (Wildman–Crippen MR) is 79.7 cm³/mol. The Hall–Kier alpha value is -0.410. The van der Waals surface area contributed by atoms with Crippen molar-refractivity contribution in [2.24, 2.45) is 11.8 Å². The molecular weight excluding hydrogens is 250 g/mol. The second-order valence-electron chi connectivity index (χ2n) is 7.19. The first-order valence-corrected chi connectivity index (χ1v) is 8.56. The Morgan fingerprint density at radius 2 is 1.75 bits per heavy atom. The Morgan fingerprint density at radius 1 is 1.10 bits per heavy atom. The molecule has 2 unspecified atom stereocenters. The fourth-order valence-electron chi connectivity index (χ4n) is 4.38. The Kier molecular flexibility index (Phi) is 4.77. The number of hydrogen-bond donors (Lipinski definition) is 0. The van der Waals surface area contributed by atoms with E-state index in [1.165, 1.54) is 32.1 Å². The molecule has 0 aromatic heterocycles. The lowest BCUT2D eigenvalue weighted by molar-refractivity contribution is -0.131. The summed E-state index contributed by atoms with van der Waals surface area (Å²) in [7, 11) is 2.20. The number of hydrogen-bond acceptors (Lipinski definition) is 3. The molecule has 0 aromatic rings. The summed E-state index contributed by atoms with van der Waals surface area (Å²) in [5.41, 5.74) is 0. The van der Waals surface area contributed by atoms with Gasteiger partial charge >= 0.3 is 0 Å². The van der Waals surface area contributed by atoms with Gasteiger partial charge in [-0.25, -0.2) is 0 Å². The van der Waals surface area contributed by atoms with Crippen molar-refractivity contribution >= 4 is 5.78 Å². The molecule has 3 heteroatoms. The van der Waals surface area contributed by atoms with Gasteiger partial charge in [-0.1, -0.05) is 32.1 Å². The molecule has 3 aliphatic rings. The van der Waals surface area contributed by atoms with E-state index in [-0.39, 0.29) is 0 Å².